The van der Waals surface area contributed by atoms with E-state index in [1.165, 1.54) is 24.8 Å². The predicted molar refractivity (Wildman–Crippen MR) is 107 cm³/mol. The number of carbonyl (C=O) groups is 1. The number of methoxy groups -OCH3 is 1. The molecule has 1 aromatic heterocycles. The van der Waals surface area contributed by atoms with Gasteiger partial charge in [0.2, 0.25) is 5.91 Å². The lowest BCUT2D eigenvalue weighted by atomic mass is 9.62. The summed E-state index contributed by atoms with van der Waals surface area (Å²) in [5, 5.41) is 7.61. The topological polar surface area (TPSA) is 71.1 Å². The first kappa shape index (κ1) is 19.0. The fourth-order valence-corrected chi connectivity index (χ4v) is 4.67. The van der Waals surface area contributed by atoms with Crippen molar-refractivity contribution in [2.24, 2.45) is 5.41 Å². The van der Waals surface area contributed by atoms with Gasteiger partial charge in [-0.1, -0.05) is 25.5 Å². The lowest BCUT2D eigenvalue weighted by Crippen LogP contribution is -2.38. The average molecular weight is 383 g/mol. The van der Waals surface area contributed by atoms with Crippen LogP contribution in [0.3, 0.4) is 0 Å². The van der Waals surface area contributed by atoms with E-state index in [4.69, 9.17) is 9.72 Å². The molecule has 4 rings (SSSR count). The van der Waals surface area contributed by atoms with E-state index in [-0.39, 0.29) is 17.2 Å². The van der Waals surface area contributed by atoms with E-state index in [0.29, 0.717) is 6.42 Å². The van der Waals surface area contributed by atoms with Crippen molar-refractivity contribution in [2.45, 2.75) is 57.8 Å². The largest absolute Gasteiger partial charge is 0.497 e. The lowest BCUT2D eigenvalue weighted by molar-refractivity contribution is -0.130. The molecule has 1 spiro atoms. The summed E-state index contributed by atoms with van der Waals surface area (Å²) in [6.07, 6.45) is 6.89. The Morgan fingerprint density at radius 2 is 2.07 bits per heavy atom. The summed E-state index contributed by atoms with van der Waals surface area (Å²) in [5.74, 6) is 3.24. The third-order valence-electron chi connectivity index (χ3n) is 6.48. The molecule has 2 heterocycles. The number of amides is 1. The number of ether oxygens (including phenoxy) is 1. The van der Waals surface area contributed by atoms with E-state index in [1.807, 2.05) is 24.3 Å². The van der Waals surface area contributed by atoms with Crippen LogP contribution in [0.15, 0.2) is 24.3 Å². The van der Waals surface area contributed by atoms with E-state index in [2.05, 4.69) is 22.0 Å². The molecule has 150 valence electrons. The second kappa shape index (κ2) is 7.94. The summed E-state index contributed by atoms with van der Waals surface area (Å²) in [4.78, 5) is 19.7. The van der Waals surface area contributed by atoms with Crippen LogP contribution in [0.5, 0.6) is 5.75 Å². The number of aromatic amines is 1. The lowest BCUT2D eigenvalue weighted by Gasteiger charge is -2.41. The highest BCUT2D eigenvalue weighted by atomic mass is 16.5. The quantitative estimate of drug-likeness (QED) is 0.796. The fourth-order valence-electron chi connectivity index (χ4n) is 4.67. The van der Waals surface area contributed by atoms with Gasteiger partial charge in [0.1, 0.15) is 11.6 Å². The van der Waals surface area contributed by atoms with Gasteiger partial charge in [0.05, 0.1) is 7.11 Å². The zero-order chi connectivity index (χ0) is 19.6. The maximum absolute atomic E-state index is 12.9. The number of hydrogen-bond acceptors (Lipinski definition) is 4. The second-order valence-corrected chi connectivity index (χ2v) is 8.28. The summed E-state index contributed by atoms with van der Waals surface area (Å²) in [6.45, 7) is 3.76. The van der Waals surface area contributed by atoms with Crippen molar-refractivity contribution in [3.8, 4) is 5.75 Å². The Bertz CT molecular complexity index is 810. The van der Waals surface area contributed by atoms with Crippen molar-refractivity contribution in [1.29, 1.82) is 0 Å². The Morgan fingerprint density at radius 3 is 2.71 bits per heavy atom. The molecule has 0 bridgehead atoms. The smallest absolute Gasteiger partial charge is 0.222 e. The van der Waals surface area contributed by atoms with Gasteiger partial charge in [0, 0.05) is 31.8 Å². The minimum atomic E-state index is 0.196. The molecule has 1 N–H and O–H groups in total. The number of aromatic nitrogens is 3. The Kier molecular flexibility index (Phi) is 5.38. The van der Waals surface area contributed by atoms with Gasteiger partial charge < -0.3 is 9.64 Å². The highest BCUT2D eigenvalue weighted by Crippen LogP contribution is 2.55. The van der Waals surface area contributed by atoms with Crippen LogP contribution in [-0.2, 0) is 17.6 Å². The molecule has 2 aliphatic rings. The molecule has 2 fully saturated rings. The van der Waals surface area contributed by atoms with E-state index in [9.17, 15) is 4.79 Å². The van der Waals surface area contributed by atoms with Crippen LogP contribution in [0.4, 0.5) is 0 Å². The van der Waals surface area contributed by atoms with Gasteiger partial charge in [0.25, 0.3) is 0 Å². The summed E-state index contributed by atoms with van der Waals surface area (Å²) >= 11 is 0. The second-order valence-electron chi connectivity index (χ2n) is 8.28. The predicted octanol–water partition coefficient (Wildman–Crippen LogP) is 3.49. The van der Waals surface area contributed by atoms with Crippen LogP contribution in [0.25, 0.3) is 0 Å². The summed E-state index contributed by atoms with van der Waals surface area (Å²) in [6, 6.07) is 7.98. The van der Waals surface area contributed by atoms with Crippen molar-refractivity contribution in [1.82, 2.24) is 20.1 Å². The fraction of sp³-hybridized carbons (Fsp3) is 0.591. The molecule has 1 aliphatic heterocycles. The van der Waals surface area contributed by atoms with E-state index in [1.54, 1.807) is 7.11 Å². The molecule has 1 atom stereocenters. The van der Waals surface area contributed by atoms with Crippen molar-refractivity contribution in [3.05, 3.63) is 41.5 Å². The molecular formula is C22H30N4O2. The number of aryl methyl sites for hydroxylation is 2. The third kappa shape index (κ3) is 3.64. The Hall–Kier alpha value is -2.37. The van der Waals surface area contributed by atoms with Gasteiger partial charge >= 0.3 is 0 Å². The molecule has 6 nitrogen and oxygen atoms in total. The standard InChI is InChI=1S/C22H30N4O2/c1-3-5-19-23-21(25-24-19)18-14-26(15-22(18)12-4-13-22)20(27)11-8-16-6-9-17(28-2)10-7-16/h6-7,9-10,18H,3-5,8,11-15H2,1-2H3,(H,23,24,25). The molecule has 1 saturated heterocycles. The maximum Gasteiger partial charge on any atom is 0.222 e. The van der Waals surface area contributed by atoms with Crippen LogP contribution in [0.2, 0.25) is 0 Å². The van der Waals surface area contributed by atoms with E-state index in [0.717, 1.165) is 49.8 Å². The van der Waals surface area contributed by atoms with Gasteiger partial charge in [-0.15, -0.1) is 0 Å². The number of hydrogen-bond donors (Lipinski definition) is 1. The van der Waals surface area contributed by atoms with Crippen LogP contribution in [-0.4, -0.2) is 46.2 Å². The van der Waals surface area contributed by atoms with Crippen LogP contribution in [0.1, 0.15) is 62.2 Å². The molecule has 1 amide bonds. The first-order chi connectivity index (χ1) is 13.6. The zero-order valence-electron chi connectivity index (χ0n) is 16.9. The number of likely N-dealkylation sites (tertiary alicyclic amines) is 1. The van der Waals surface area contributed by atoms with E-state index < -0.39 is 0 Å². The maximum atomic E-state index is 12.9. The van der Waals surface area contributed by atoms with Gasteiger partial charge in [-0.3, -0.25) is 9.89 Å². The Morgan fingerprint density at radius 1 is 1.29 bits per heavy atom. The molecule has 1 unspecified atom stereocenters. The Balaban J connectivity index is 1.40. The highest BCUT2D eigenvalue weighted by Gasteiger charge is 2.53. The number of carbonyl (C=O) groups excluding carboxylic acids is 1. The van der Waals surface area contributed by atoms with Crippen molar-refractivity contribution in [2.75, 3.05) is 20.2 Å². The summed E-state index contributed by atoms with van der Waals surface area (Å²) in [5.41, 5.74) is 1.36. The van der Waals surface area contributed by atoms with Crippen LogP contribution < -0.4 is 4.74 Å². The average Bonchev–Trinajstić information content (AvgIpc) is 3.31. The van der Waals surface area contributed by atoms with Gasteiger partial charge in [-0.05, 0) is 48.8 Å². The molecular weight excluding hydrogens is 352 g/mol. The van der Waals surface area contributed by atoms with Crippen LogP contribution in [0, 0.1) is 5.41 Å². The minimum absolute atomic E-state index is 0.196. The summed E-state index contributed by atoms with van der Waals surface area (Å²) < 4.78 is 5.20. The van der Waals surface area contributed by atoms with Crippen molar-refractivity contribution < 1.29 is 9.53 Å². The number of nitrogens with one attached hydrogen (secondary N) is 1. The molecule has 0 radical (unpaired) electrons. The molecule has 28 heavy (non-hydrogen) atoms. The first-order valence-electron chi connectivity index (χ1n) is 10.5. The number of H-pyrrole nitrogens is 1. The molecule has 1 aliphatic carbocycles. The number of benzene rings is 1. The molecule has 6 heteroatoms. The first-order valence-corrected chi connectivity index (χ1v) is 10.5. The minimum Gasteiger partial charge on any atom is -0.497 e. The van der Waals surface area contributed by atoms with Crippen molar-refractivity contribution >= 4 is 5.91 Å². The van der Waals surface area contributed by atoms with Crippen molar-refractivity contribution in [3.63, 3.8) is 0 Å². The molecule has 1 aromatic carbocycles. The van der Waals surface area contributed by atoms with E-state index >= 15 is 0 Å². The van der Waals surface area contributed by atoms with Gasteiger partial charge in [0.15, 0.2) is 5.82 Å². The highest BCUT2D eigenvalue weighted by molar-refractivity contribution is 5.77. The summed E-state index contributed by atoms with van der Waals surface area (Å²) in [7, 11) is 1.66. The number of rotatable bonds is 7. The van der Waals surface area contributed by atoms with Crippen LogP contribution >= 0.6 is 0 Å². The third-order valence-corrected chi connectivity index (χ3v) is 6.48. The SMILES string of the molecule is CCCc1nc(C2CN(C(=O)CCc3ccc(OC)cc3)CC23CCC3)n[nH]1. The molecule has 1 saturated carbocycles. The Labute approximate surface area is 166 Å². The zero-order valence-corrected chi connectivity index (χ0v) is 16.9. The molecule has 2 aromatic rings. The number of nitrogens with zero attached hydrogens (tertiary/aromatic N) is 3. The van der Waals surface area contributed by atoms with Gasteiger partial charge in [-0.2, -0.15) is 5.10 Å². The monoisotopic (exact) mass is 382 g/mol. The normalized spacial score (nSPS) is 20.4. The van der Waals surface area contributed by atoms with Gasteiger partial charge in [-0.25, -0.2) is 4.98 Å².